The number of nitro groups is 1. The van der Waals surface area contributed by atoms with E-state index >= 15 is 0 Å². The van der Waals surface area contributed by atoms with E-state index in [9.17, 15) is 10.1 Å². The van der Waals surface area contributed by atoms with Crippen molar-refractivity contribution in [3.63, 3.8) is 0 Å². The Hall–Kier alpha value is -1.14. The lowest BCUT2D eigenvalue weighted by Gasteiger charge is -2.26. The first-order valence-electron chi connectivity index (χ1n) is 3.65. The summed E-state index contributed by atoms with van der Waals surface area (Å²) in [6.45, 7) is 1.02. The van der Waals surface area contributed by atoms with E-state index < -0.39 is 4.92 Å². The minimum atomic E-state index is -0.550. The molecular formula is C6H6ClN3O3. The molecule has 0 spiro atoms. The molecule has 6 nitrogen and oxygen atoms in total. The zero-order valence-corrected chi connectivity index (χ0v) is 7.27. The van der Waals surface area contributed by atoms with Crippen LogP contribution in [0.5, 0.6) is 0 Å². The van der Waals surface area contributed by atoms with Crippen LogP contribution in [0.15, 0.2) is 6.20 Å². The highest BCUT2D eigenvalue weighted by atomic mass is 35.5. The summed E-state index contributed by atoms with van der Waals surface area (Å²) in [6, 6.07) is 0.0428. The van der Waals surface area contributed by atoms with E-state index in [1.807, 2.05) is 0 Å². The minimum absolute atomic E-state index is 0.0428. The van der Waals surface area contributed by atoms with Gasteiger partial charge in [0.25, 0.3) is 0 Å². The van der Waals surface area contributed by atoms with Crippen molar-refractivity contribution in [1.82, 2.24) is 9.78 Å². The van der Waals surface area contributed by atoms with Gasteiger partial charge >= 0.3 is 5.69 Å². The van der Waals surface area contributed by atoms with E-state index in [1.54, 1.807) is 0 Å². The van der Waals surface area contributed by atoms with Crippen LogP contribution < -0.4 is 0 Å². The van der Waals surface area contributed by atoms with Crippen LogP contribution >= 0.6 is 11.6 Å². The van der Waals surface area contributed by atoms with Gasteiger partial charge in [0.15, 0.2) is 0 Å². The first kappa shape index (κ1) is 8.46. The van der Waals surface area contributed by atoms with Crippen LogP contribution in [0.3, 0.4) is 0 Å². The highest BCUT2D eigenvalue weighted by Crippen LogP contribution is 2.28. The van der Waals surface area contributed by atoms with Crippen LogP contribution in [-0.2, 0) is 4.74 Å². The molecule has 1 aromatic heterocycles. The van der Waals surface area contributed by atoms with E-state index in [-0.39, 0.29) is 16.9 Å². The molecule has 0 radical (unpaired) electrons. The second kappa shape index (κ2) is 2.97. The molecule has 0 N–H and O–H groups in total. The zero-order valence-electron chi connectivity index (χ0n) is 6.51. The van der Waals surface area contributed by atoms with Crippen LogP contribution in [0.1, 0.15) is 6.04 Å². The average Bonchev–Trinajstić information content (AvgIpc) is 2.29. The fourth-order valence-electron chi connectivity index (χ4n) is 1.08. The first-order valence-corrected chi connectivity index (χ1v) is 4.03. The molecule has 70 valence electrons. The predicted molar refractivity (Wildman–Crippen MR) is 43.7 cm³/mol. The molecule has 1 saturated heterocycles. The summed E-state index contributed by atoms with van der Waals surface area (Å²) >= 11 is 5.73. The molecule has 1 aromatic rings. The Morgan fingerprint density at radius 2 is 2.46 bits per heavy atom. The Balaban J connectivity index is 2.32. The molecule has 0 unspecified atom stereocenters. The lowest BCUT2D eigenvalue weighted by atomic mass is 10.3. The van der Waals surface area contributed by atoms with Crippen molar-refractivity contribution in [2.75, 3.05) is 13.2 Å². The maximum absolute atomic E-state index is 10.4. The van der Waals surface area contributed by atoms with E-state index in [0.29, 0.717) is 13.2 Å². The average molecular weight is 204 g/mol. The Kier molecular flexibility index (Phi) is 1.93. The van der Waals surface area contributed by atoms with Crippen molar-refractivity contribution in [2.24, 2.45) is 0 Å². The largest absolute Gasteiger partial charge is 0.377 e. The molecular weight excluding hydrogens is 198 g/mol. The zero-order chi connectivity index (χ0) is 9.42. The normalized spacial score (nSPS) is 17.0. The summed E-state index contributed by atoms with van der Waals surface area (Å²) in [5.41, 5.74) is -0.159. The second-order valence-electron chi connectivity index (χ2n) is 2.71. The summed E-state index contributed by atoms with van der Waals surface area (Å²) in [6.07, 6.45) is 1.15. The molecule has 0 saturated carbocycles. The van der Waals surface area contributed by atoms with Gasteiger partial charge in [-0.05, 0) is 0 Å². The lowest BCUT2D eigenvalue weighted by molar-refractivity contribution is -0.384. The molecule has 0 aromatic carbocycles. The van der Waals surface area contributed by atoms with Gasteiger partial charge in [0.1, 0.15) is 12.2 Å². The van der Waals surface area contributed by atoms with Gasteiger partial charge in [-0.2, -0.15) is 5.10 Å². The van der Waals surface area contributed by atoms with Gasteiger partial charge in [0.05, 0.1) is 18.1 Å². The predicted octanol–water partition coefficient (Wildman–Crippen LogP) is 1.02. The van der Waals surface area contributed by atoms with Gasteiger partial charge in [-0.3, -0.25) is 10.1 Å². The van der Waals surface area contributed by atoms with Gasteiger partial charge in [-0.1, -0.05) is 11.6 Å². The molecule has 1 aliphatic rings. The van der Waals surface area contributed by atoms with E-state index in [0.717, 1.165) is 6.20 Å². The molecule has 2 heterocycles. The van der Waals surface area contributed by atoms with Crippen molar-refractivity contribution < 1.29 is 9.66 Å². The number of hydrogen-bond donors (Lipinski definition) is 0. The minimum Gasteiger partial charge on any atom is -0.377 e. The fraction of sp³-hybridized carbons (Fsp3) is 0.500. The van der Waals surface area contributed by atoms with Gasteiger partial charge in [-0.15, -0.1) is 0 Å². The van der Waals surface area contributed by atoms with Gasteiger partial charge in [0, 0.05) is 0 Å². The van der Waals surface area contributed by atoms with Crippen molar-refractivity contribution in [3.8, 4) is 0 Å². The molecule has 13 heavy (non-hydrogen) atoms. The topological polar surface area (TPSA) is 70.2 Å². The second-order valence-corrected chi connectivity index (χ2v) is 3.07. The Labute approximate surface area is 78.2 Å². The fourth-order valence-corrected chi connectivity index (χ4v) is 1.38. The SMILES string of the molecule is O=[N+]([O-])c1cnn(C2COC2)c1Cl. The number of nitrogens with zero attached hydrogens (tertiary/aromatic N) is 3. The molecule has 2 rings (SSSR count). The Bertz CT molecular complexity index is 347. The third-order valence-electron chi connectivity index (χ3n) is 1.88. The number of ether oxygens (including phenoxy) is 1. The molecule has 1 fully saturated rings. The van der Waals surface area contributed by atoms with Crippen LogP contribution in [-0.4, -0.2) is 27.9 Å². The highest BCUT2D eigenvalue weighted by molar-refractivity contribution is 6.31. The van der Waals surface area contributed by atoms with Gasteiger partial charge < -0.3 is 4.74 Å². The molecule has 0 aliphatic carbocycles. The molecule has 0 atom stereocenters. The molecule has 7 heteroatoms. The summed E-state index contributed by atoms with van der Waals surface area (Å²) in [5, 5.41) is 14.3. The number of hydrogen-bond acceptors (Lipinski definition) is 4. The van der Waals surface area contributed by atoms with Gasteiger partial charge in [0.2, 0.25) is 5.15 Å². The Morgan fingerprint density at radius 1 is 1.77 bits per heavy atom. The summed E-state index contributed by atoms with van der Waals surface area (Å²) in [7, 11) is 0. The number of rotatable bonds is 2. The number of halogens is 1. The number of aromatic nitrogens is 2. The third kappa shape index (κ3) is 1.27. The highest BCUT2D eigenvalue weighted by Gasteiger charge is 2.28. The van der Waals surface area contributed by atoms with Crippen LogP contribution in [0.25, 0.3) is 0 Å². The van der Waals surface area contributed by atoms with Crippen LogP contribution in [0, 0.1) is 10.1 Å². The van der Waals surface area contributed by atoms with Crippen molar-refractivity contribution in [1.29, 1.82) is 0 Å². The van der Waals surface area contributed by atoms with E-state index in [1.165, 1.54) is 4.68 Å². The summed E-state index contributed by atoms with van der Waals surface area (Å²) in [4.78, 5) is 9.85. The lowest BCUT2D eigenvalue weighted by Crippen LogP contribution is -2.31. The summed E-state index contributed by atoms with van der Waals surface area (Å²) < 4.78 is 6.34. The van der Waals surface area contributed by atoms with Crippen LogP contribution in [0.2, 0.25) is 5.15 Å². The van der Waals surface area contributed by atoms with Crippen LogP contribution in [0.4, 0.5) is 5.69 Å². The smallest absolute Gasteiger partial charge is 0.325 e. The van der Waals surface area contributed by atoms with E-state index in [2.05, 4.69) is 5.10 Å². The van der Waals surface area contributed by atoms with Crippen molar-refractivity contribution >= 4 is 17.3 Å². The third-order valence-corrected chi connectivity index (χ3v) is 2.25. The van der Waals surface area contributed by atoms with Gasteiger partial charge in [-0.25, -0.2) is 4.68 Å². The molecule has 0 amide bonds. The van der Waals surface area contributed by atoms with E-state index in [4.69, 9.17) is 16.3 Å². The molecule has 1 aliphatic heterocycles. The summed E-state index contributed by atoms with van der Waals surface area (Å²) in [5.74, 6) is 0. The van der Waals surface area contributed by atoms with Crippen molar-refractivity contribution in [2.45, 2.75) is 6.04 Å². The quantitative estimate of drug-likeness (QED) is 0.531. The standard InChI is InChI=1S/C6H6ClN3O3/c7-6-5(10(11)12)1-8-9(6)4-2-13-3-4/h1,4H,2-3H2. The maximum atomic E-state index is 10.4. The molecule has 0 bridgehead atoms. The first-order chi connectivity index (χ1) is 6.20. The van der Waals surface area contributed by atoms with Crippen molar-refractivity contribution in [3.05, 3.63) is 21.5 Å². The maximum Gasteiger partial charge on any atom is 0.325 e. The monoisotopic (exact) mass is 203 g/mol. The Morgan fingerprint density at radius 3 is 2.85 bits per heavy atom.